The first-order valence-electron chi connectivity index (χ1n) is 15.7. The van der Waals surface area contributed by atoms with E-state index in [4.69, 9.17) is 19.9 Å². The molecule has 1 aliphatic carbocycles. The Morgan fingerprint density at radius 3 is 1.36 bits per heavy atom. The van der Waals surface area contributed by atoms with Gasteiger partial charge < -0.3 is 0 Å². The molecule has 2 heterocycles. The van der Waals surface area contributed by atoms with Gasteiger partial charge in [0.05, 0.1) is 5.69 Å². The van der Waals surface area contributed by atoms with Gasteiger partial charge in [-0.1, -0.05) is 145 Å². The minimum Gasteiger partial charge on any atom is -0.256 e. The van der Waals surface area contributed by atoms with E-state index in [1.54, 1.807) is 0 Å². The van der Waals surface area contributed by atoms with Gasteiger partial charge in [0, 0.05) is 34.0 Å². The molecule has 0 N–H and O–H groups in total. The van der Waals surface area contributed by atoms with Crippen molar-refractivity contribution in [2.24, 2.45) is 5.41 Å². The average molecular weight is 587 g/mol. The van der Waals surface area contributed by atoms with Crippen molar-refractivity contribution >= 4 is 0 Å². The van der Waals surface area contributed by atoms with E-state index in [0.29, 0.717) is 17.5 Å². The molecule has 222 valence electrons. The van der Waals surface area contributed by atoms with Crippen LogP contribution in [0.3, 0.4) is 0 Å². The molecule has 4 aromatic carbocycles. The maximum absolute atomic E-state index is 4.91. The van der Waals surface area contributed by atoms with Gasteiger partial charge in [0.15, 0.2) is 17.5 Å². The number of hydrogen-bond acceptors (Lipinski definition) is 4. The largest absolute Gasteiger partial charge is 0.256 e. The molecule has 0 fully saturated rings. The predicted octanol–water partition coefficient (Wildman–Crippen LogP) is 10.2. The first-order chi connectivity index (χ1) is 21.6. The summed E-state index contributed by atoms with van der Waals surface area (Å²) in [6, 6.07) is 39.7. The second-order valence-corrected chi connectivity index (χ2v) is 13.7. The summed E-state index contributed by atoms with van der Waals surface area (Å²) in [7, 11) is 0. The Balaban J connectivity index is 1.18. The van der Waals surface area contributed by atoms with Crippen molar-refractivity contribution in [1.29, 1.82) is 0 Å². The van der Waals surface area contributed by atoms with E-state index < -0.39 is 0 Å². The third-order valence-electron chi connectivity index (χ3n) is 10.7. The molecule has 7 rings (SSSR count). The van der Waals surface area contributed by atoms with Crippen molar-refractivity contribution in [2.75, 3.05) is 0 Å². The summed E-state index contributed by atoms with van der Waals surface area (Å²) in [6.07, 6.45) is 1.97. The van der Waals surface area contributed by atoms with E-state index in [2.05, 4.69) is 96.1 Å². The first kappa shape index (κ1) is 28.8. The van der Waals surface area contributed by atoms with Gasteiger partial charge in [0.2, 0.25) is 0 Å². The van der Waals surface area contributed by atoms with Gasteiger partial charge in [0.1, 0.15) is 0 Å². The Hall–Kier alpha value is -4.96. The molecule has 0 spiro atoms. The lowest BCUT2D eigenvalue weighted by atomic mass is 9.59. The van der Waals surface area contributed by atoms with Gasteiger partial charge in [0.25, 0.3) is 0 Å². The summed E-state index contributed by atoms with van der Waals surface area (Å²) in [5, 5.41) is 0. The van der Waals surface area contributed by atoms with Crippen LogP contribution in [0, 0.1) is 5.41 Å². The zero-order valence-electron chi connectivity index (χ0n) is 26.8. The number of pyridine rings is 1. The second-order valence-electron chi connectivity index (χ2n) is 13.7. The van der Waals surface area contributed by atoms with Gasteiger partial charge >= 0.3 is 0 Å². The van der Waals surface area contributed by atoms with E-state index in [1.165, 1.54) is 11.1 Å². The highest BCUT2D eigenvalue weighted by molar-refractivity contribution is 5.72. The Kier molecular flexibility index (Phi) is 6.77. The van der Waals surface area contributed by atoms with E-state index in [9.17, 15) is 0 Å². The van der Waals surface area contributed by atoms with Crippen molar-refractivity contribution in [2.45, 2.75) is 52.4 Å². The first-order valence-corrected chi connectivity index (χ1v) is 15.7. The van der Waals surface area contributed by atoms with Gasteiger partial charge in [-0.3, -0.25) is 4.98 Å². The zero-order valence-corrected chi connectivity index (χ0v) is 26.8. The van der Waals surface area contributed by atoms with Gasteiger partial charge in [-0.05, 0) is 45.1 Å². The van der Waals surface area contributed by atoms with E-state index in [1.807, 2.05) is 66.9 Å². The summed E-state index contributed by atoms with van der Waals surface area (Å²) in [4.78, 5) is 19.4. The summed E-state index contributed by atoms with van der Waals surface area (Å²) in [5.41, 5.74) is 10.3. The lowest BCUT2D eigenvalue weighted by molar-refractivity contribution is 0.125. The molecule has 0 bridgehead atoms. The summed E-state index contributed by atoms with van der Waals surface area (Å²) in [6.45, 7) is 14.3. The van der Waals surface area contributed by atoms with Crippen LogP contribution in [0.15, 0.2) is 121 Å². The average Bonchev–Trinajstić information content (AvgIpc) is 3.18. The number of benzene rings is 4. The lowest BCUT2D eigenvalue weighted by Crippen LogP contribution is -2.42. The van der Waals surface area contributed by atoms with Gasteiger partial charge in [-0.15, -0.1) is 0 Å². The van der Waals surface area contributed by atoms with Crippen LogP contribution in [0.5, 0.6) is 0 Å². The van der Waals surface area contributed by atoms with Crippen LogP contribution in [0.2, 0.25) is 0 Å². The van der Waals surface area contributed by atoms with Gasteiger partial charge in [-0.25, -0.2) is 15.0 Å². The van der Waals surface area contributed by atoms with Crippen LogP contribution in [0.1, 0.15) is 52.7 Å². The van der Waals surface area contributed by atoms with Crippen LogP contribution >= 0.6 is 0 Å². The van der Waals surface area contributed by atoms with Crippen molar-refractivity contribution < 1.29 is 0 Å². The summed E-state index contributed by atoms with van der Waals surface area (Å²) < 4.78 is 0. The standard InChI is InChI=1S/C41H38N4/c1-39(2)33-23-21-31(25-34(33)40(3,4)41(39,5)6)35-24-22-32(26-42-35)27-17-19-30(20-18-27)38-44-36(28-13-9-7-10-14-28)43-37(45-38)29-15-11-8-12-16-29/h7-26H,1-6H3. The molecule has 4 nitrogen and oxygen atoms in total. The Morgan fingerprint density at radius 1 is 0.400 bits per heavy atom. The fourth-order valence-electron chi connectivity index (χ4n) is 6.71. The van der Waals surface area contributed by atoms with Crippen molar-refractivity contribution in [1.82, 2.24) is 19.9 Å². The summed E-state index contributed by atoms with van der Waals surface area (Å²) in [5.74, 6) is 1.96. The van der Waals surface area contributed by atoms with Crippen LogP contribution in [0.25, 0.3) is 56.5 Å². The zero-order chi connectivity index (χ0) is 31.4. The smallest absolute Gasteiger partial charge is 0.164 e. The van der Waals surface area contributed by atoms with E-state index >= 15 is 0 Å². The maximum atomic E-state index is 4.91. The van der Waals surface area contributed by atoms with E-state index in [-0.39, 0.29) is 16.2 Å². The molecule has 1 aliphatic rings. The molecule has 0 aliphatic heterocycles. The summed E-state index contributed by atoms with van der Waals surface area (Å²) >= 11 is 0. The maximum Gasteiger partial charge on any atom is 0.164 e. The van der Waals surface area contributed by atoms with Crippen LogP contribution < -0.4 is 0 Å². The molecular formula is C41H38N4. The Morgan fingerprint density at radius 2 is 0.844 bits per heavy atom. The number of nitrogens with zero attached hydrogens (tertiary/aromatic N) is 4. The highest BCUT2D eigenvalue weighted by atomic mass is 15.0. The number of fused-ring (bicyclic) bond motifs is 1. The van der Waals surface area contributed by atoms with Crippen molar-refractivity contribution in [3.8, 4) is 56.5 Å². The molecule has 0 saturated carbocycles. The fourth-order valence-corrected chi connectivity index (χ4v) is 6.71. The van der Waals surface area contributed by atoms with Gasteiger partial charge in [-0.2, -0.15) is 0 Å². The molecule has 45 heavy (non-hydrogen) atoms. The second kappa shape index (κ2) is 10.6. The van der Waals surface area contributed by atoms with E-state index in [0.717, 1.165) is 39.1 Å². The number of hydrogen-bond donors (Lipinski definition) is 0. The van der Waals surface area contributed by atoms with Crippen LogP contribution in [-0.2, 0) is 10.8 Å². The predicted molar refractivity (Wildman–Crippen MR) is 185 cm³/mol. The molecule has 0 amide bonds. The highest BCUT2D eigenvalue weighted by Gasteiger charge is 2.56. The quantitative estimate of drug-likeness (QED) is 0.202. The normalized spacial score (nSPS) is 15.9. The molecule has 0 unspecified atom stereocenters. The van der Waals surface area contributed by atoms with Crippen LogP contribution in [0.4, 0.5) is 0 Å². The topological polar surface area (TPSA) is 51.6 Å². The fraction of sp³-hybridized carbons (Fsp3) is 0.220. The third-order valence-corrected chi connectivity index (χ3v) is 10.7. The lowest BCUT2D eigenvalue weighted by Gasteiger charge is -2.44. The van der Waals surface area contributed by atoms with Crippen molar-refractivity contribution in [3.63, 3.8) is 0 Å². The van der Waals surface area contributed by atoms with Crippen molar-refractivity contribution in [3.05, 3.63) is 133 Å². The minimum absolute atomic E-state index is 0.0613. The molecule has 2 aromatic heterocycles. The Labute approximate surface area is 266 Å². The molecule has 6 aromatic rings. The minimum atomic E-state index is 0.0613. The highest BCUT2D eigenvalue weighted by Crippen LogP contribution is 2.61. The molecule has 0 atom stereocenters. The SMILES string of the molecule is CC1(C)c2ccc(-c3ccc(-c4ccc(-c5nc(-c6ccccc6)nc(-c6ccccc6)n5)cc4)cn3)cc2C(C)(C)C1(C)C. The van der Waals surface area contributed by atoms with Crippen LogP contribution in [-0.4, -0.2) is 19.9 Å². The monoisotopic (exact) mass is 586 g/mol. The number of aromatic nitrogens is 4. The number of rotatable bonds is 5. The molecule has 0 radical (unpaired) electrons. The Bertz CT molecular complexity index is 1930. The molecule has 4 heteroatoms. The molecule has 0 saturated heterocycles. The molecular weight excluding hydrogens is 548 g/mol. The third kappa shape index (κ3) is 4.76.